The van der Waals surface area contributed by atoms with Gasteiger partial charge in [0.15, 0.2) is 0 Å². The molecule has 1 saturated heterocycles. The second-order valence-electron chi connectivity index (χ2n) is 3.65. The first kappa shape index (κ1) is 8.23. The van der Waals surface area contributed by atoms with Gasteiger partial charge >= 0.3 is 0 Å². The fraction of sp³-hybridized carbons (Fsp3) is 0.556. The summed E-state index contributed by atoms with van der Waals surface area (Å²) < 4.78 is 5.39. The van der Waals surface area contributed by atoms with E-state index in [1.165, 1.54) is 4.88 Å². The Morgan fingerprint density at radius 1 is 1.58 bits per heavy atom. The van der Waals surface area contributed by atoms with Gasteiger partial charge in [-0.1, -0.05) is 6.07 Å². The Balaban J connectivity index is 2.06. The predicted octanol–water partition coefficient (Wildman–Crippen LogP) is 1.96. The summed E-state index contributed by atoms with van der Waals surface area (Å²) >= 11 is 1.68. The van der Waals surface area contributed by atoms with Gasteiger partial charge in [-0.3, -0.25) is 0 Å². The molecule has 0 aliphatic carbocycles. The van der Waals surface area contributed by atoms with E-state index in [4.69, 9.17) is 4.74 Å². The van der Waals surface area contributed by atoms with Crippen molar-refractivity contribution in [2.45, 2.75) is 31.7 Å². The summed E-state index contributed by atoms with van der Waals surface area (Å²) in [4.78, 5) is 1.21. The lowest BCUT2D eigenvalue weighted by atomic mass is 10.0. The van der Waals surface area contributed by atoms with Crippen molar-refractivity contribution >= 4 is 11.3 Å². The van der Waals surface area contributed by atoms with Crippen LogP contribution in [0.1, 0.15) is 24.8 Å². The van der Waals surface area contributed by atoms with E-state index in [9.17, 15) is 5.11 Å². The number of rotatable bonds is 2. The van der Waals surface area contributed by atoms with Gasteiger partial charge in [0.05, 0.1) is 5.60 Å². The lowest BCUT2D eigenvalue weighted by molar-refractivity contribution is 0.0482. The number of ether oxygens (including phenoxy) is 1. The zero-order valence-electron chi connectivity index (χ0n) is 7.15. The van der Waals surface area contributed by atoms with Gasteiger partial charge in [-0.25, -0.2) is 0 Å². The van der Waals surface area contributed by atoms with E-state index in [0.29, 0.717) is 0 Å². The maximum atomic E-state index is 9.61. The molecule has 0 radical (unpaired) electrons. The van der Waals surface area contributed by atoms with E-state index in [1.807, 2.05) is 17.5 Å². The van der Waals surface area contributed by atoms with Crippen LogP contribution in [0.2, 0.25) is 0 Å². The van der Waals surface area contributed by atoms with Gasteiger partial charge in [0.1, 0.15) is 12.2 Å². The molecule has 0 spiro atoms. The maximum absolute atomic E-state index is 9.61. The van der Waals surface area contributed by atoms with E-state index in [0.717, 1.165) is 0 Å². The normalized spacial score (nSPS) is 28.9. The van der Waals surface area contributed by atoms with Crippen molar-refractivity contribution < 1.29 is 9.84 Å². The van der Waals surface area contributed by atoms with E-state index in [1.54, 1.807) is 25.2 Å². The first-order chi connectivity index (χ1) is 5.59. The molecule has 2 nitrogen and oxygen atoms in total. The lowest BCUT2D eigenvalue weighted by Crippen LogP contribution is -2.26. The van der Waals surface area contributed by atoms with Crippen molar-refractivity contribution in [3.8, 4) is 0 Å². The van der Waals surface area contributed by atoms with Gasteiger partial charge in [0, 0.05) is 4.88 Å². The van der Waals surface area contributed by atoms with E-state index < -0.39 is 5.60 Å². The van der Waals surface area contributed by atoms with E-state index >= 15 is 0 Å². The predicted molar refractivity (Wildman–Crippen MR) is 48.2 cm³/mol. The molecule has 12 heavy (non-hydrogen) atoms. The molecule has 1 fully saturated rings. The third kappa shape index (κ3) is 1.40. The second kappa shape index (κ2) is 2.55. The minimum atomic E-state index is -0.714. The van der Waals surface area contributed by atoms with Crippen LogP contribution in [0.3, 0.4) is 0 Å². The molecular weight excluding hydrogens is 172 g/mol. The fourth-order valence-corrected chi connectivity index (χ4v) is 2.10. The molecular formula is C9H12O2S. The zero-order valence-corrected chi connectivity index (χ0v) is 7.97. The van der Waals surface area contributed by atoms with Gasteiger partial charge in [-0.2, -0.15) is 0 Å². The number of aliphatic hydroxyl groups is 1. The monoisotopic (exact) mass is 184 g/mol. The summed E-state index contributed by atoms with van der Waals surface area (Å²) in [6.45, 7) is 3.57. The average Bonchev–Trinajstić information content (AvgIpc) is 2.60. The summed E-state index contributed by atoms with van der Waals surface area (Å²) in [7, 11) is 0. The van der Waals surface area contributed by atoms with Crippen molar-refractivity contribution in [1.29, 1.82) is 0 Å². The van der Waals surface area contributed by atoms with E-state index in [-0.39, 0.29) is 12.2 Å². The largest absolute Gasteiger partial charge is 0.388 e. The zero-order chi connectivity index (χ0) is 8.77. The highest BCUT2D eigenvalue weighted by Gasteiger charge is 2.50. The summed E-state index contributed by atoms with van der Waals surface area (Å²) in [5, 5.41) is 11.6. The van der Waals surface area contributed by atoms with Crippen LogP contribution in [-0.4, -0.2) is 16.8 Å². The van der Waals surface area contributed by atoms with Gasteiger partial charge in [-0.05, 0) is 25.3 Å². The van der Waals surface area contributed by atoms with Crippen molar-refractivity contribution in [2.75, 3.05) is 0 Å². The molecule has 0 amide bonds. The van der Waals surface area contributed by atoms with Crippen LogP contribution < -0.4 is 0 Å². The summed E-state index contributed by atoms with van der Waals surface area (Å²) in [6.07, 6.45) is 0.112. The number of thiophene rings is 1. The Kier molecular flexibility index (Phi) is 1.75. The average molecular weight is 184 g/mol. The third-order valence-electron chi connectivity index (χ3n) is 2.01. The van der Waals surface area contributed by atoms with Crippen LogP contribution in [0.4, 0.5) is 0 Å². The van der Waals surface area contributed by atoms with Crippen LogP contribution >= 0.6 is 11.3 Å². The molecule has 1 aromatic heterocycles. The number of hydrogen-bond acceptors (Lipinski definition) is 3. The highest BCUT2D eigenvalue weighted by Crippen LogP contribution is 2.46. The van der Waals surface area contributed by atoms with Crippen LogP contribution in [0.15, 0.2) is 17.5 Å². The van der Waals surface area contributed by atoms with Crippen molar-refractivity contribution in [3.05, 3.63) is 22.4 Å². The van der Waals surface area contributed by atoms with Crippen molar-refractivity contribution in [3.63, 3.8) is 0 Å². The second-order valence-corrected chi connectivity index (χ2v) is 4.63. The van der Waals surface area contributed by atoms with Gasteiger partial charge in [0.25, 0.3) is 0 Å². The summed E-state index contributed by atoms with van der Waals surface area (Å²) in [5.74, 6) is 0. The Bertz CT molecular complexity index is 261. The topological polar surface area (TPSA) is 32.8 Å². The molecule has 0 unspecified atom stereocenters. The molecule has 3 heteroatoms. The Morgan fingerprint density at radius 3 is 2.75 bits per heavy atom. The minimum Gasteiger partial charge on any atom is -0.388 e. The highest BCUT2D eigenvalue weighted by molar-refractivity contribution is 7.10. The van der Waals surface area contributed by atoms with Gasteiger partial charge < -0.3 is 9.84 Å². The molecule has 1 N–H and O–H groups in total. The quantitative estimate of drug-likeness (QED) is 0.713. The minimum absolute atomic E-state index is 0.0175. The van der Waals surface area contributed by atoms with Crippen molar-refractivity contribution in [1.82, 2.24) is 0 Å². The Labute approximate surface area is 75.8 Å². The van der Waals surface area contributed by atoms with Crippen LogP contribution in [0.25, 0.3) is 0 Å². The molecule has 0 aromatic carbocycles. The van der Waals surface area contributed by atoms with Gasteiger partial charge in [-0.15, -0.1) is 11.3 Å². The van der Waals surface area contributed by atoms with Crippen LogP contribution in [-0.2, 0) is 4.74 Å². The fourth-order valence-electron chi connectivity index (χ4n) is 1.32. The highest BCUT2D eigenvalue weighted by atomic mass is 32.1. The Hall–Kier alpha value is -0.380. The number of hydrogen-bond donors (Lipinski definition) is 1. The molecule has 2 atom stereocenters. The maximum Gasteiger partial charge on any atom is 0.121 e. The van der Waals surface area contributed by atoms with Crippen LogP contribution in [0, 0.1) is 0 Å². The molecule has 1 aliphatic heterocycles. The Morgan fingerprint density at radius 2 is 2.33 bits per heavy atom. The molecule has 0 bridgehead atoms. The molecule has 66 valence electrons. The molecule has 2 rings (SSSR count). The van der Waals surface area contributed by atoms with E-state index in [2.05, 4.69) is 0 Å². The third-order valence-corrected chi connectivity index (χ3v) is 2.95. The first-order valence-electron chi connectivity index (χ1n) is 4.00. The first-order valence-corrected chi connectivity index (χ1v) is 4.88. The summed E-state index contributed by atoms with van der Waals surface area (Å²) in [5.41, 5.74) is -0.714. The smallest absolute Gasteiger partial charge is 0.121 e. The molecule has 1 aromatic rings. The number of epoxide rings is 1. The van der Waals surface area contributed by atoms with Gasteiger partial charge in [0.2, 0.25) is 0 Å². The van der Waals surface area contributed by atoms with Crippen molar-refractivity contribution in [2.24, 2.45) is 0 Å². The molecule has 0 saturated carbocycles. The van der Waals surface area contributed by atoms with Crippen LogP contribution in [0.5, 0.6) is 0 Å². The standard InChI is InChI=1S/C9H12O2S/c1-9(2,10)8-7(11-8)6-4-3-5-12-6/h3-5,7-8,10H,1-2H3/t7-,8-/m1/s1. The molecule has 1 aliphatic rings. The summed E-state index contributed by atoms with van der Waals surface area (Å²) in [6, 6.07) is 4.05. The lowest BCUT2D eigenvalue weighted by Gasteiger charge is -2.12. The molecule has 2 heterocycles. The SMILES string of the molecule is CC(C)(O)[C@@H]1O[C@@H]1c1cccs1.